The number of carboxylic acids is 1. The molecule has 21 heavy (non-hydrogen) atoms. The number of hydrogen-bond acceptors (Lipinski definition) is 3. The molecular formula is C16H16N2O3. The molecule has 1 aromatic heterocycles. The Hall–Kier alpha value is -2.69. The largest absolute Gasteiger partial charge is 0.481 e. The lowest BCUT2D eigenvalue weighted by molar-refractivity contribution is -0.137. The molecule has 1 atom stereocenters. The predicted octanol–water partition coefficient (Wildman–Crippen LogP) is 2.34. The second-order valence-electron chi connectivity index (χ2n) is 4.72. The summed E-state index contributed by atoms with van der Waals surface area (Å²) in [6, 6.07) is 10.1. The van der Waals surface area contributed by atoms with E-state index >= 15 is 0 Å². The number of aliphatic carboxylic acids is 1. The van der Waals surface area contributed by atoms with Crippen LogP contribution < -0.4 is 5.32 Å². The quantitative estimate of drug-likeness (QED) is 0.883. The average Bonchev–Trinajstić information content (AvgIpc) is 2.47. The van der Waals surface area contributed by atoms with Crippen molar-refractivity contribution in [2.75, 3.05) is 0 Å². The van der Waals surface area contributed by atoms with Crippen molar-refractivity contribution in [3.63, 3.8) is 0 Å². The van der Waals surface area contributed by atoms with Crippen molar-refractivity contribution in [3.05, 3.63) is 65.5 Å². The van der Waals surface area contributed by atoms with Gasteiger partial charge in [0.05, 0.1) is 18.0 Å². The van der Waals surface area contributed by atoms with Gasteiger partial charge in [0.25, 0.3) is 5.91 Å². The monoisotopic (exact) mass is 284 g/mol. The molecule has 0 spiro atoms. The Morgan fingerprint density at radius 2 is 2.00 bits per heavy atom. The van der Waals surface area contributed by atoms with E-state index in [2.05, 4.69) is 10.3 Å². The van der Waals surface area contributed by atoms with Gasteiger partial charge >= 0.3 is 5.97 Å². The number of aryl methyl sites for hydroxylation is 1. The minimum atomic E-state index is -0.963. The fraction of sp³-hybridized carbons (Fsp3) is 0.188. The van der Waals surface area contributed by atoms with Crippen molar-refractivity contribution in [3.8, 4) is 0 Å². The molecule has 0 fully saturated rings. The first-order chi connectivity index (χ1) is 10.1. The summed E-state index contributed by atoms with van der Waals surface area (Å²) < 4.78 is 0. The van der Waals surface area contributed by atoms with Crippen molar-refractivity contribution in [2.45, 2.75) is 19.4 Å². The maximum absolute atomic E-state index is 12.2. The minimum absolute atomic E-state index is 0.170. The molecule has 5 heteroatoms. The molecule has 1 aromatic carbocycles. The number of nitrogens with one attached hydrogen (secondary N) is 1. The summed E-state index contributed by atoms with van der Waals surface area (Å²) in [4.78, 5) is 27.1. The molecule has 0 aliphatic rings. The number of carboxylic acid groups (broad SMARTS) is 1. The van der Waals surface area contributed by atoms with E-state index in [-0.39, 0.29) is 12.3 Å². The Bertz CT molecular complexity index is 641. The first-order valence-corrected chi connectivity index (χ1v) is 6.56. The topological polar surface area (TPSA) is 79.3 Å². The predicted molar refractivity (Wildman–Crippen MR) is 77.9 cm³/mol. The molecule has 0 bridgehead atoms. The third-order valence-electron chi connectivity index (χ3n) is 3.17. The Kier molecular flexibility index (Phi) is 4.66. The van der Waals surface area contributed by atoms with E-state index in [4.69, 9.17) is 5.11 Å². The van der Waals surface area contributed by atoms with Gasteiger partial charge in [-0.15, -0.1) is 0 Å². The molecule has 2 aromatic rings. The van der Waals surface area contributed by atoms with Gasteiger partial charge in [-0.1, -0.05) is 24.3 Å². The summed E-state index contributed by atoms with van der Waals surface area (Å²) in [5.41, 5.74) is 2.15. The molecule has 0 saturated carbocycles. The first-order valence-electron chi connectivity index (χ1n) is 6.56. The highest BCUT2D eigenvalue weighted by Gasteiger charge is 2.20. The van der Waals surface area contributed by atoms with Gasteiger partial charge in [-0.3, -0.25) is 14.6 Å². The van der Waals surface area contributed by atoms with E-state index in [0.29, 0.717) is 5.56 Å². The van der Waals surface area contributed by atoms with Gasteiger partial charge in [0, 0.05) is 12.4 Å². The SMILES string of the molecule is Cc1ccccc1[C@H](CC(=O)O)NC(=O)c1cccnc1. The van der Waals surface area contributed by atoms with Crippen LogP contribution in [0.5, 0.6) is 0 Å². The fourth-order valence-electron chi connectivity index (χ4n) is 2.13. The molecule has 2 rings (SSSR count). The van der Waals surface area contributed by atoms with Crippen LogP contribution in [0, 0.1) is 6.92 Å². The van der Waals surface area contributed by atoms with Gasteiger partial charge < -0.3 is 10.4 Å². The van der Waals surface area contributed by atoms with Crippen LogP contribution in [0.1, 0.15) is 33.9 Å². The third kappa shape index (κ3) is 3.89. The minimum Gasteiger partial charge on any atom is -0.481 e. The number of amides is 1. The van der Waals surface area contributed by atoms with Gasteiger partial charge in [-0.05, 0) is 30.2 Å². The zero-order chi connectivity index (χ0) is 15.2. The van der Waals surface area contributed by atoms with Crippen LogP contribution in [0.3, 0.4) is 0 Å². The van der Waals surface area contributed by atoms with Crippen molar-refractivity contribution >= 4 is 11.9 Å². The fourth-order valence-corrected chi connectivity index (χ4v) is 2.13. The third-order valence-corrected chi connectivity index (χ3v) is 3.17. The molecule has 0 unspecified atom stereocenters. The van der Waals surface area contributed by atoms with E-state index in [1.807, 2.05) is 31.2 Å². The van der Waals surface area contributed by atoms with Crippen LogP contribution in [-0.4, -0.2) is 22.0 Å². The lowest BCUT2D eigenvalue weighted by Crippen LogP contribution is -2.30. The highest BCUT2D eigenvalue weighted by Crippen LogP contribution is 2.21. The molecule has 1 amide bonds. The van der Waals surface area contributed by atoms with Gasteiger partial charge in [0.2, 0.25) is 0 Å². The number of benzene rings is 1. The summed E-state index contributed by atoms with van der Waals surface area (Å²) in [5.74, 6) is -1.30. The maximum Gasteiger partial charge on any atom is 0.305 e. The van der Waals surface area contributed by atoms with Crippen LogP contribution in [0.15, 0.2) is 48.8 Å². The molecule has 0 aliphatic carbocycles. The Morgan fingerprint density at radius 3 is 2.62 bits per heavy atom. The second kappa shape index (κ2) is 6.65. The molecule has 2 N–H and O–H groups in total. The lowest BCUT2D eigenvalue weighted by Gasteiger charge is -2.19. The zero-order valence-electron chi connectivity index (χ0n) is 11.6. The zero-order valence-corrected chi connectivity index (χ0v) is 11.6. The summed E-state index contributed by atoms with van der Waals surface area (Å²) in [7, 11) is 0. The van der Waals surface area contributed by atoms with Crippen molar-refractivity contribution < 1.29 is 14.7 Å². The smallest absolute Gasteiger partial charge is 0.305 e. The number of carbonyl (C=O) groups is 2. The van der Waals surface area contributed by atoms with E-state index in [1.165, 1.54) is 6.20 Å². The molecular weight excluding hydrogens is 268 g/mol. The number of hydrogen-bond donors (Lipinski definition) is 2. The first kappa shape index (κ1) is 14.7. The summed E-state index contributed by atoms with van der Waals surface area (Å²) in [6.07, 6.45) is 2.86. The average molecular weight is 284 g/mol. The van der Waals surface area contributed by atoms with Crippen LogP contribution in [0.4, 0.5) is 0 Å². The Labute approximate surface area is 122 Å². The van der Waals surface area contributed by atoms with Crippen LogP contribution in [0.2, 0.25) is 0 Å². The van der Waals surface area contributed by atoms with E-state index in [9.17, 15) is 9.59 Å². The molecule has 0 aliphatic heterocycles. The van der Waals surface area contributed by atoms with Crippen molar-refractivity contribution in [1.82, 2.24) is 10.3 Å². The molecule has 0 radical (unpaired) electrons. The van der Waals surface area contributed by atoms with Gasteiger partial charge in [0.15, 0.2) is 0 Å². The lowest BCUT2D eigenvalue weighted by atomic mass is 9.98. The molecule has 5 nitrogen and oxygen atoms in total. The van der Waals surface area contributed by atoms with Gasteiger partial charge in [-0.2, -0.15) is 0 Å². The van der Waals surface area contributed by atoms with Crippen molar-refractivity contribution in [1.29, 1.82) is 0 Å². The van der Waals surface area contributed by atoms with Crippen molar-refractivity contribution in [2.24, 2.45) is 0 Å². The van der Waals surface area contributed by atoms with Crippen LogP contribution in [0.25, 0.3) is 0 Å². The van der Waals surface area contributed by atoms with Gasteiger partial charge in [-0.25, -0.2) is 0 Å². The Balaban J connectivity index is 2.23. The second-order valence-corrected chi connectivity index (χ2v) is 4.72. The number of aromatic nitrogens is 1. The van der Waals surface area contributed by atoms with E-state index < -0.39 is 12.0 Å². The number of nitrogens with zero attached hydrogens (tertiary/aromatic N) is 1. The molecule has 0 saturated heterocycles. The molecule has 1 heterocycles. The summed E-state index contributed by atoms with van der Waals surface area (Å²) in [5, 5.41) is 11.8. The summed E-state index contributed by atoms with van der Waals surface area (Å²) in [6.45, 7) is 1.89. The number of carbonyl (C=O) groups excluding carboxylic acids is 1. The Morgan fingerprint density at radius 1 is 1.24 bits per heavy atom. The van der Waals surface area contributed by atoms with Crippen LogP contribution in [-0.2, 0) is 4.79 Å². The van der Waals surface area contributed by atoms with E-state index in [0.717, 1.165) is 11.1 Å². The highest BCUT2D eigenvalue weighted by molar-refractivity contribution is 5.94. The highest BCUT2D eigenvalue weighted by atomic mass is 16.4. The summed E-state index contributed by atoms with van der Waals surface area (Å²) >= 11 is 0. The number of pyridine rings is 1. The normalized spacial score (nSPS) is 11.7. The van der Waals surface area contributed by atoms with Crippen LogP contribution >= 0.6 is 0 Å². The standard InChI is InChI=1S/C16H16N2O3/c1-11-5-2-3-7-13(11)14(9-15(19)20)18-16(21)12-6-4-8-17-10-12/h2-8,10,14H,9H2,1H3,(H,18,21)(H,19,20)/t14-/m0/s1. The van der Waals surface area contributed by atoms with E-state index in [1.54, 1.807) is 18.3 Å². The molecule has 108 valence electrons. The number of rotatable bonds is 5. The van der Waals surface area contributed by atoms with Gasteiger partial charge in [0.1, 0.15) is 0 Å². The maximum atomic E-state index is 12.2.